The average Bonchev–Trinajstić information content (AvgIpc) is 2.74. The SMILES string of the molecule is CC(=O)c1cccc(NC(=O)CSc2nc(=O)n(CCCN(C)C)c3c2CCCC3)c1. The molecule has 0 radical (unpaired) electrons. The lowest BCUT2D eigenvalue weighted by Crippen LogP contribution is -2.31. The number of hydrogen-bond donors (Lipinski definition) is 1. The fourth-order valence-corrected chi connectivity index (χ4v) is 4.67. The lowest BCUT2D eigenvalue weighted by molar-refractivity contribution is -0.113. The number of benzene rings is 1. The normalized spacial score (nSPS) is 13.2. The van der Waals surface area contributed by atoms with Crippen molar-refractivity contribution in [3.63, 3.8) is 0 Å². The van der Waals surface area contributed by atoms with Gasteiger partial charge in [-0.15, -0.1) is 0 Å². The molecule has 1 aromatic heterocycles. The van der Waals surface area contributed by atoms with E-state index in [1.54, 1.807) is 24.3 Å². The van der Waals surface area contributed by atoms with Crippen molar-refractivity contribution in [2.45, 2.75) is 50.6 Å². The minimum absolute atomic E-state index is 0.0487. The first kappa shape index (κ1) is 23.2. The molecular weight excluding hydrogens is 412 g/mol. The number of nitrogens with zero attached hydrogens (tertiary/aromatic N) is 3. The first-order valence-corrected chi connectivity index (χ1v) is 11.6. The molecule has 7 nitrogen and oxygen atoms in total. The molecule has 8 heteroatoms. The Labute approximate surface area is 187 Å². The Morgan fingerprint density at radius 1 is 1.23 bits per heavy atom. The molecule has 1 aromatic carbocycles. The predicted molar refractivity (Wildman–Crippen MR) is 124 cm³/mol. The third-order valence-corrected chi connectivity index (χ3v) is 6.35. The molecule has 2 aromatic rings. The molecule has 31 heavy (non-hydrogen) atoms. The molecule has 1 amide bonds. The van der Waals surface area contributed by atoms with E-state index in [1.807, 2.05) is 18.7 Å². The van der Waals surface area contributed by atoms with E-state index in [9.17, 15) is 14.4 Å². The maximum atomic E-state index is 12.7. The van der Waals surface area contributed by atoms with E-state index in [0.717, 1.165) is 49.9 Å². The van der Waals surface area contributed by atoms with Crippen LogP contribution in [0.25, 0.3) is 0 Å². The summed E-state index contributed by atoms with van der Waals surface area (Å²) in [4.78, 5) is 43.2. The fraction of sp³-hybridized carbons (Fsp3) is 0.478. The van der Waals surface area contributed by atoms with Crippen LogP contribution in [0.3, 0.4) is 0 Å². The van der Waals surface area contributed by atoms with Gasteiger partial charge in [-0.3, -0.25) is 14.2 Å². The zero-order valence-corrected chi connectivity index (χ0v) is 19.3. The standard InChI is InChI=1S/C23H30N4O3S/c1-16(28)17-8-6-9-18(14-17)24-21(29)15-31-22-19-10-4-5-11-20(19)27(23(30)25-22)13-7-12-26(2)3/h6,8-9,14H,4-5,7,10-13,15H2,1-3H3,(H,24,29). The number of carbonyl (C=O) groups excluding carboxylic acids is 2. The highest BCUT2D eigenvalue weighted by atomic mass is 32.2. The van der Waals surface area contributed by atoms with E-state index < -0.39 is 0 Å². The molecule has 1 heterocycles. The molecule has 0 aliphatic heterocycles. The van der Waals surface area contributed by atoms with Crippen molar-refractivity contribution < 1.29 is 9.59 Å². The summed E-state index contributed by atoms with van der Waals surface area (Å²) in [5.74, 6) is -0.0759. The zero-order valence-electron chi connectivity index (χ0n) is 18.4. The van der Waals surface area contributed by atoms with Crippen molar-refractivity contribution in [2.75, 3.05) is 31.7 Å². The van der Waals surface area contributed by atoms with Crippen molar-refractivity contribution in [1.82, 2.24) is 14.5 Å². The number of aromatic nitrogens is 2. The van der Waals surface area contributed by atoms with Gasteiger partial charge in [0.2, 0.25) is 5.91 Å². The number of carbonyl (C=O) groups is 2. The van der Waals surface area contributed by atoms with Crippen LogP contribution in [0.4, 0.5) is 5.69 Å². The van der Waals surface area contributed by atoms with Gasteiger partial charge in [-0.05, 0) is 71.8 Å². The largest absolute Gasteiger partial charge is 0.348 e. The van der Waals surface area contributed by atoms with E-state index in [0.29, 0.717) is 22.8 Å². The lowest BCUT2D eigenvalue weighted by Gasteiger charge is -2.23. The van der Waals surface area contributed by atoms with Gasteiger partial charge in [-0.25, -0.2) is 4.79 Å². The maximum absolute atomic E-state index is 12.7. The molecule has 0 fully saturated rings. The number of amides is 1. The number of hydrogen-bond acceptors (Lipinski definition) is 6. The summed E-state index contributed by atoms with van der Waals surface area (Å²) in [5.41, 5.74) is 3.12. The van der Waals surface area contributed by atoms with Crippen LogP contribution in [0.2, 0.25) is 0 Å². The van der Waals surface area contributed by atoms with Crippen molar-refractivity contribution in [3.8, 4) is 0 Å². The molecule has 1 aliphatic carbocycles. The van der Waals surface area contributed by atoms with Gasteiger partial charge in [0.15, 0.2) is 5.78 Å². The van der Waals surface area contributed by atoms with Gasteiger partial charge in [0.05, 0.1) is 5.75 Å². The summed E-state index contributed by atoms with van der Waals surface area (Å²) in [6.45, 7) is 3.08. The smallest absolute Gasteiger partial charge is 0.325 e. The Kier molecular flexibility index (Phi) is 8.03. The Balaban J connectivity index is 1.70. The van der Waals surface area contributed by atoms with Crippen LogP contribution in [0, 0.1) is 0 Å². The molecular formula is C23H30N4O3S. The van der Waals surface area contributed by atoms with Crippen LogP contribution >= 0.6 is 11.8 Å². The second kappa shape index (κ2) is 10.7. The number of fused-ring (bicyclic) bond motifs is 1. The quantitative estimate of drug-likeness (QED) is 0.365. The molecule has 166 valence electrons. The van der Waals surface area contributed by atoms with Crippen LogP contribution in [-0.4, -0.2) is 52.5 Å². The van der Waals surface area contributed by atoms with Gasteiger partial charge in [-0.2, -0.15) is 4.98 Å². The molecule has 0 atom stereocenters. The number of thioether (sulfide) groups is 1. The summed E-state index contributed by atoms with van der Waals surface area (Å²) < 4.78 is 1.83. The van der Waals surface area contributed by atoms with Gasteiger partial charge < -0.3 is 10.2 Å². The highest BCUT2D eigenvalue weighted by molar-refractivity contribution is 8.00. The minimum Gasteiger partial charge on any atom is -0.325 e. The van der Waals surface area contributed by atoms with Gasteiger partial charge in [0.1, 0.15) is 5.03 Å². The van der Waals surface area contributed by atoms with Crippen molar-refractivity contribution in [2.24, 2.45) is 0 Å². The van der Waals surface area contributed by atoms with E-state index >= 15 is 0 Å². The van der Waals surface area contributed by atoms with Crippen LogP contribution in [0.15, 0.2) is 34.1 Å². The number of nitrogens with one attached hydrogen (secondary N) is 1. The van der Waals surface area contributed by atoms with E-state index in [4.69, 9.17) is 0 Å². The van der Waals surface area contributed by atoms with Gasteiger partial charge in [0.25, 0.3) is 0 Å². The second-order valence-electron chi connectivity index (χ2n) is 8.11. The van der Waals surface area contributed by atoms with Crippen LogP contribution < -0.4 is 11.0 Å². The van der Waals surface area contributed by atoms with Crippen LogP contribution in [0.5, 0.6) is 0 Å². The fourth-order valence-electron chi connectivity index (χ4n) is 3.79. The Bertz CT molecular complexity index is 1020. The van der Waals surface area contributed by atoms with E-state index in [-0.39, 0.29) is 23.1 Å². The van der Waals surface area contributed by atoms with Crippen LogP contribution in [0.1, 0.15) is 47.8 Å². The summed E-state index contributed by atoms with van der Waals surface area (Å²) >= 11 is 1.31. The molecule has 3 rings (SSSR count). The number of rotatable bonds is 9. The lowest BCUT2D eigenvalue weighted by atomic mass is 9.97. The molecule has 1 N–H and O–H groups in total. The number of anilines is 1. The predicted octanol–water partition coefficient (Wildman–Crippen LogP) is 3.01. The summed E-state index contributed by atoms with van der Waals surface area (Å²) in [5, 5.41) is 3.50. The van der Waals surface area contributed by atoms with Crippen LogP contribution in [-0.2, 0) is 24.2 Å². The highest BCUT2D eigenvalue weighted by Crippen LogP contribution is 2.28. The minimum atomic E-state index is -0.225. The number of ketones is 1. The summed E-state index contributed by atoms with van der Waals surface area (Å²) in [6.07, 6.45) is 4.81. The summed E-state index contributed by atoms with van der Waals surface area (Å²) in [6, 6.07) is 6.88. The first-order chi connectivity index (χ1) is 14.8. The van der Waals surface area contributed by atoms with Crippen molar-refractivity contribution >= 4 is 29.1 Å². The maximum Gasteiger partial charge on any atom is 0.348 e. The van der Waals surface area contributed by atoms with Gasteiger partial charge >= 0.3 is 5.69 Å². The molecule has 1 aliphatic rings. The molecule has 0 bridgehead atoms. The second-order valence-corrected chi connectivity index (χ2v) is 9.08. The summed E-state index contributed by atoms with van der Waals surface area (Å²) in [7, 11) is 4.05. The molecule has 0 spiro atoms. The van der Waals surface area contributed by atoms with E-state index in [1.165, 1.54) is 18.7 Å². The molecule has 0 unspecified atom stereocenters. The third-order valence-electron chi connectivity index (χ3n) is 5.33. The van der Waals surface area contributed by atoms with Crippen molar-refractivity contribution in [3.05, 3.63) is 51.6 Å². The van der Waals surface area contributed by atoms with Gasteiger partial charge in [-0.1, -0.05) is 23.9 Å². The Morgan fingerprint density at radius 2 is 2.00 bits per heavy atom. The Hall–Kier alpha value is -2.45. The zero-order chi connectivity index (χ0) is 22.4. The topological polar surface area (TPSA) is 84.3 Å². The van der Waals surface area contributed by atoms with E-state index in [2.05, 4.69) is 15.2 Å². The monoisotopic (exact) mass is 442 g/mol. The molecule has 0 saturated heterocycles. The average molecular weight is 443 g/mol. The number of Topliss-reactive ketones (excluding diaryl/α,β-unsaturated/α-hetero) is 1. The highest BCUT2D eigenvalue weighted by Gasteiger charge is 2.21. The van der Waals surface area contributed by atoms with Gasteiger partial charge in [0, 0.05) is 29.1 Å². The molecule has 0 saturated carbocycles. The first-order valence-electron chi connectivity index (χ1n) is 10.7. The Morgan fingerprint density at radius 3 is 2.74 bits per heavy atom. The van der Waals surface area contributed by atoms with Crippen molar-refractivity contribution in [1.29, 1.82) is 0 Å². The third kappa shape index (κ3) is 6.27.